The Hall–Kier alpha value is -4.26. The van der Waals surface area contributed by atoms with E-state index in [2.05, 4.69) is 15.6 Å². The highest BCUT2D eigenvalue weighted by Crippen LogP contribution is 2.40. The van der Waals surface area contributed by atoms with Crippen molar-refractivity contribution in [3.63, 3.8) is 0 Å². The van der Waals surface area contributed by atoms with Crippen molar-refractivity contribution in [3.05, 3.63) is 83.9 Å². The highest BCUT2D eigenvalue weighted by Gasteiger charge is 2.39. The lowest BCUT2D eigenvalue weighted by atomic mass is 9.81. The van der Waals surface area contributed by atoms with Gasteiger partial charge in [0, 0.05) is 11.0 Å². The minimum atomic E-state index is -0.811. The van der Waals surface area contributed by atoms with Gasteiger partial charge < -0.3 is 10.6 Å². The molecule has 182 valence electrons. The van der Waals surface area contributed by atoms with Crippen molar-refractivity contribution in [2.24, 2.45) is 4.99 Å². The fraction of sp³-hybridized carbons (Fsp3) is 0.241. The van der Waals surface area contributed by atoms with E-state index in [1.807, 2.05) is 86.6 Å². The Morgan fingerprint density at radius 2 is 1.64 bits per heavy atom. The summed E-state index contributed by atoms with van der Waals surface area (Å²) in [7, 11) is 0. The molecule has 0 bridgehead atoms. The number of nitrogens with one attached hydrogen (secondary N) is 2. The van der Waals surface area contributed by atoms with Gasteiger partial charge in [0.15, 0.2) is 0 Å². The fourth-order valence-corrected chi connectivity index (χ4v) is 4.90. The normalized spacial score (nSPS) is 16.1. The first-order valence-electron chi connectivity index (χ1n) is 12.0. The number of hydrogen-bond donors (Lipinski definition) is 2. The van der Waals surface area contributed by atoms with Crippen molar-refractivity contribution in [1.29, 1.82) is 0 Å². The van der Waals surface area contributed by atoms with Gasteiger partial charge in [-0.3, -0.25) is 19.3 Å². The van der Waals surface area contributed by atoms with Gasteiger partial charge in [-0.2, -0.15) is 0 Å². The minimum absolute atomic E-state index is 0.000754. The van der Waals surface area contributed by atoms with Crippen molar-refractivity contribution in [2.75, 3.05) is 11.6 Å². The number of carbonyl (C=O) groups is 3. The molecule has 1 atom stereocenters. The smallest absolute Gasteiger partial charge is 0.267 e. The van der Waals surface area contributed by atoms with E-state index < -0.39 is 11.5 Å². The lowest BCUT2D eigenvalue weighted by molar-refractivity contribution is -0.126. The quantitative estimate of drug-likeness (QED) is 0.581. The summed E-state index contributed by atoms with van der Waals surface area (Å²) in [6, 6.07) is 22.3. The summed E-state index contributed by atoms with van der Waals surface area (Å²) < 4.78 is 0. The molecule has 5 rings (SSSR count). The number of carbonyl (C=O) groups excluding carboxylic acids is 3. The highest BCUT2D eigenvalue weighted by molar-refractivity contribution is 6.44. The van der Waals surface area contributed by atoms with Gasteiger partial charge in [-0.1, -0.05) is 60.7 Å². The van der Waals surface area contributed by atoms with Crippen molar-refractivity contribution >= 4 is 34.8 Å². The van der Waals surface area contributed by atoms with E-state index in [0.29, 0.717) is 5.71 Å². The summed E-state index contributed by atoms with van der Waals surface area (Å²) in [6.45, 7) is 5.52. The van der Waals surface area contributed by atoms with Gasteiger partial charge in [-0.05, 0) is 49.6 Å². The summed E-state index contributed by atoms with van der Waals surface area (Å²) >= 11 is 0. The second kappa shape index (κ2) is 9.07. The molecule has 0 aromatic heterocycles. The number of aliphatic imine (C=N–C) groups is 1. The van der Waals surface area contributed by atoms with Crippen molar-refractivity contribution < 1.29 is 14.4 Å². The number of nitrogens with zero attached hydrogens (tertiary/aromatic N) is 2. The number of amides is 3. The van der Waals surface area contributed by atoms with Gasteiger partial charge >= 0.3 is 0 Å². The van der Waals surface area contributed by atoms with E-state index in [-0.39, 0.29) is 30.8 Å². The molecule has 7 heteroatoms. The Morgan fingerprint density at radius 3 is 2.42 bits per heavy atom. The fourth-order valence-electron chi connectivity index (χ4n) is 4.90. The van der Waals surface area contributed by atoms with Crippen LogP contribution in [0.25, 0.3) is 11.1 Å². The van der Waals surface area contributed by atoms with Crippen LogP contribution in [0, 0.1) is 0 Å². The van der Waals surface area contributed by atoms with E-state index in [0.717, 1.165) is 33.6 Å². The van der Waals surface area contributed by atoms with Gasteiger partial charge in [-0.25, -0.2) is 4.99 Å². The van der Waals surface area contributed by atoms with Crippen molar-refractivity contribution in [1.82, 2.24) is 10.6 Å². The predicted molar refractivity (Wildman–Crippen MR) is 140 cm³/mol. The Labute approximate surface area is 210 Å². The van der Waals surface area contributed by atoms with Crippen LogP contribution in [0.1, 0.15) is 31.9 Å². The van der Waals surface area contributed by atoms with Crippen LogP contribution in [0.3, 0.4) is 0 Å². The Kier molecular flexibility index (Phi) is 5.92. The number of fused-ring (bicyclic) bond motifs is 4. The van der Waals surface area contributed by atoms with E-state index in [1.54, 1.807) is 11.8 Å². The average Bonchev–Trinajstić information content (AvgIpc) is 3.08. The molecule has 7 nitrogen and oxygen atoms in total. The molecule has 0 saturated carbocycles. The summed E-state index contributed by atoms with van der Waals surface area (Å²) in [5, 5.41) is 5.59. The van der Waals surface area contributed by atoms with E-state index in [9.17, 15) is 14.4 Å². The summed E-state index contributed by atoms with van der Waals surface area (Å²) in [6.07, 6.45) is 0.239. The Balaban J connectivity index is 1.28. The second-order valence-electron chi connectivity index (χ2n) is 9.67. The summed E-state index contributed by atoms with van der Waals surface area (Å²) in [5.74, 6) is -0.876. The Morgan fingerprint density at radius 1 is 0.972 bits per heavy atom. The van der Waals surface area contributed by atoms with E-state index in [4.69, 9.17) is 0 Å². The molecule has 2 aliphatic rings. The highest BCUT2D eigenvalue weighted by atomic mass is 16.2. The van der Waals surface area contributed by atoms with E-state index in [1.165, 1.54) is 0 Å². The van der Waals surface area contributed by atoms with Crippen LogP contribution in [0.15, 0.2) is 77.8 Å². The number of anilines is 1. The van der Waals surface area contributed by atoms with Crippen LogP contribution < -0.4 is 15.5 Å². The monoisotopic (exact) mass is 480 g/mol. The molecule has 0 radical (unpaired) electrons. The maximum absolute atomic E-state index is 13.1. The number of hydrogen-bond acceptors (Lipinski definition) is 4. The Bertz CT molecular complexity index is 1410. The molecule has 0 saturated heterocycles. The standard InChI is InChI=1S/C29H28N4O3/c1-18(31-28(36)26-29(2,3)22-13-7-8-14-23(22)32-26)27(35)30-17-33-24-15-9-6-12-21(24)20-11-5-4-10-19(20)16-25(33)34/h4-15,18H,16-17H2,1-3H3,(H,30,35)(H,31,36)/t18-/m0/s1. The third-order valence-corrected chi connectivity index (χ3v) is 6.91. The van der Waals surface area contributed by atoms with Crippen molar-refractivity contribution in [2.45, 2.75) is 38.6 Å². The minimum Gasteiger partial charge on any atom is -0.339 e. The number of rotatable bonds is 5. The molecular formula is C29H28N4O3. The molecule has 2 aliphatic heterocycles. The largest absolute Gasteiger partial charge is 0.339 e. The van der Waals surface area contributed by atoms with Gasteiger partial charge in [0.05, 0.1) is 24.5 Å². The average molecular weight is 481 g/mol. The molecule has 2 heterocycles. The van der Waals surface area contributed by atoms with Gasteiger partial charge in [0.2, 0.25) is 11.8 Å². The third kappa shape index (κ3) is 4.06. The molecule has 3 aromatic rings. The first kappa shape index (κ1) is 23.5. The predicted octanol–water partition coefficient (Wildman–Crippen LogP) is 3.89. The van der Waals surface area contributed by atoms with Crippen LogP contribution in [-0.4, -0.2) is 36.1 Å². The van der Waals surface area contributed by atoms with Crippen LogP contribution in [0.2, 0.25) is 0 Å². The molecule has 0 unspecified atom stereocenters. The van der Waals surface area contributed by atoms with Crippen LogP contribution >= 0.6 is 0 Å². The number of benzene rings is 3. The van der Waals surface area contributed by atoms with Gasteiger partial charge in [0.25, 0.3) is 5.91 Å². The van der Waals surface area contributed by atoms with Gasteiger partial charge in [0.1, 0.15) is 11.8 Å². The molecule has 0 aliphatic carbocycles. The second-order valence-corrected chi connectivity index (χ2v) is 9.67. The van der Waals surface area contributed by atoms with Crippen molar-refractivity contribution in [3.8, 4) is 11.1 Å². The molecule has 2 N–H and O–H groups in total. The number of para-hydroxylation sites is 2. The van der Waals surface area contributed by atoms with Gasteiger partial charge in [-0.15, -0.1) is 0 Å². The molecule has 36 heavy (non-hydrogen) atoms. The topological polar surface area (TPSA) is 90.9 Å². The molecular weight excluding hydrogens is 452 g/mol. The first-order valence-corrected chi connectivity index (χ1v) is 12.0. The molecule has 0 fully saturated rings. The van der Waals surface area contributed by atoms with Crippen LogP contribution in [-0.2, 0) is 26.2 Å². The third-order valence-electron chi connectivity index (χ3n) is 6.91. The van der Waals surface area contributed by atoms with Crippen LogP contribution in [0.4, 0.5) is 11.4 Å². The zero-order valence-electron chi connectivity index (χ0n) is 20.5. The summed E-state index contributed by atoms with van der Waals surface area (Å²) in [5.41, 5.74) is 5.20. The SMILES string of the molecule is C[C@H](NC(=O)C1=Nc2ccccc2C1(C)C)C(=O)NCN1C(=O)Cc2ccccc2-c2ccccc21. The van der Waals surface area contributed by atoms with Crippen LogP contribution in [0.5, 0.6) is 0 Å². The lowest BCUT2D eigenvalue weighted by Crippen LogP contribution is -2.52. The molecule has 3 amide bonds. The maximum Gasteiger partial charge on any atom is 0.267 e. The maximum atomic E-state index is 13.1. The molecule has 0 spiro atoms. The zero-order chi connectivity index (χ0) is 25.4. The first-order chi connectivity index (χ1) is 17.3. The lowest BCUT2D eigenvalue weighted by Gasteiger charge is -2.25. The summed E-state index contributed by atoms with van der Waals surface area (Å²) in [4.78, 5) is 45.2. The van der Waals surface area contributed by atoms with E-state index >= 15 is 0 Å². The zero-order valence-corrected chi connectivity index (χ0v) is 20.5. The molecule has 3 aromatic carbocycles.